The molecule has 2 fully saturated rings. The fraction of sp³-hybridized carbons (Fsp3) is 0.268. The number of nitrogens with zero attached hydrogens (tertiary/aromatic N) is 6. The molecular formula is C41H37Cl2N9O7. The first-order valence-corrected chi connectivity index (χ1v) is 19.5. The summed E-state index contributed by atoms with van der Waals surface area (Å²) >= 11 is 12.7. The van der Waals surface area contributed by atoms with Crippen LogP contribution in [0.1, 0.15) is 52.5 Å². The van der Waals surface area contributed by atoms with Crippen LogP contribution in [0.2, 0.25) is 10.0 Å². The van der Waals surface area contributed by atoms with E-state index in [4.69, 9.17) is 47.1 Å². The number of pyridine rings is 2. The Hall–Kier alpha value is -6.20. The number of carbonyl (C=O) groups excluding carboxylic acids is 1. The largest absolute Gasteiger partial charge is 0.472 e. The molecule has 0 bridgehead atoms. The second-order valence-electron chi connectivity index (χ2n) is 13.9. The van der Waals surface area contributed by atoms with Crippen molar-refractivity contribution >= 4 is 63.4 Å². The molecule has 0 aliphatic carbocycles. The molecule has 0 saturated carbocycles. The fourth-order valence-electron chi connectivity index (χ4n) is 6.74. The Labute approximate surface area is 347 Å². The van der Waals surface area contributed by atoms with Crippen molar-refractivity contribution in [3.05, 3.63) is 132 Å². The van der Waals surface area contributed by atoms with Crippen molar-refractivity contribution < 1.29 is 28.7 Å². The smallest absolute Gasteiger partial charge is 0.333 e. The number of halogens is 2. The Morgan fingerprint density at radius 1 is 0.898 bits per heavy atom. The van der Waals surface area contributed by atoms with E-state index in [0.717, 1.165) is 59.1 Å². The molecular weight excluding hydrogens is 801 g/mol. The summed E-state index contributed by atoms with van der Waals surface area (Å²) in [6, 6.07) is 17.7. The maximum absolute atomic E-state index is 13.2. The summed E-state index contributed by atoms with van der Waals surface area (Å²) in [6.45, 7) is 6.57. The highest BCUT2D eigenvalue weighted by atomic mass is 35.5. The molecule has 0 radical (unpaired) electrons. The van der Waals surface area contributed by atoms with Crippen LogP contribution in [-0.2, 0) is 9.47 Å². The molecule has 16 nitrogen and oxygen atoms in total. The number of hydrogen-bond donors (Lipinski definition) is 3. The molecule has 3 aromatic heterocycles. The summed E-state index contributed by atoms with van der Waals surface area (Å²) in [5.41, 5.74) is 6.08. The van der Waals surface area contributed by atoms with Gasteiger partial charge in [0.1, 0.15) is 23.6 Å². The van der Waals surface area contributed by atoms with Gasteiger partial charge in [0.2, 0.25) is 17.6 Å². The molecule has 4 aliphatic rings. The summed E-state index contributed by atoms with van der Waals surface area (Å²) in [5, 5.41) is 25.2. The second kappa shape index (κ2) is 17.3. The number of H-pyrrole nitrogens is 1. The van der Waals surface area contributed by atoms with E-state index in [1.165, 1.54) is 19.2 Å². The first kappa shape index (κ1) is 39.6. The highest BCUT2D eigenvalue weighted by Gasteiger charge is 2.28. The van der Waals surface area contributed by atoms with E-state index < -0.39 is 10.7 Å². The van der Waals surface area contributed by atoms with Gasteiger partial charge >= 0.3 is 5.69 Å². The molecule has 3 N–H and O–H groups in total. The number of nitro groups is 1. The van der Waals surface area contributed by atoms with Crippen LogP contribution in [0, 0.1) is 17.0 Å². The van der Waals surface area contributed by atoms with Crippen molar-refractivity contribution in [2.75, 3.05) is 43.6 Å². The van der Waals surface area contributed by atoms with Crippen molar-refractivity contribution in [3.8, 4) is 11.8 Å². The van der Waals surface area contributed by atoms with Crippen molar-refractivity contribution in [1.82, 2.24) is 20.2 Å². The molecule has 302 valence electrons. The number of amidine groups is 1. The van der Waals surface area contributed by atoms with Gasteiger partial charge < -0.3 is 29.6 Å². The van der Waals surface area contributed by atoms with Crippen molar-refractivity contribution in [1.29, 1.82) is 0 Å². The summed E-state index contributed by atoms with van der Waals surface area (Å²) < 4.78 is 22.5. The van der Waals surface area contributed by atoms with Gasteiger partial charge in [-0.3, -0.25) is 25.0 Å². The lowest BCUT2D eigenvalue weighted by Gasteiger charge is -2.15. The van der Waals surface area contributed by atoms with Crippen LogP contribution < -0.4 is 20.1 Å². The highest BCUT2D eigenvalue weighted by molar-refractivity contribution is 6.37. The van der Waals surface area contributed by atoms with Gasteiger partial charge in [0.15, 0.2) is 11.6 Å². The molecule has 7 heterocycles. The molecule has 0 amide bonds. The van der Waals surface area contributed by atoms with Gasteiger partial charge in [0, 0.05) is 59.1 Å². The minimum Gasteiger partial charge on any atom is -0.472 e. The van der Waals surface area contributed by atoms with Crippen LogP contribution in [-0.4, -0.2) is 87.6 Å². The molecule has 9 rings (SSSR count). The minimum atomic E-state index is -0.550. The Morgan fingerprint density at radius 2 is 1.58 bits per heavy atom. The quantitative estimate of drug-likeness (QED) is 0.0705. The van der Waals surface area contributed by atoms with Crippen molar-refractivity contribution in [2.45, 2.75) is 38.9 Å². The number of fused-ring (bicyclic) bond motifs is 2. The van der Waals surface area contributed by atoms with Crippen molar-refractivity contribution in [3.63, 3.8) is 0 Å². The Kier molecular flexibility index (Phi) is 11.6. The number of aliphatic imine (C=N–C) groups is 2. The zero-order chi connectivity index (χ0) is 41.0. The van der Waals surface area contributed by atoms with E-state index >= 15 is 0 Å². The number of hydrogen-bond acceptors (Lipinski definition) is 14. The van der Waals surface area contributed by atoms with Crippen molar-refractivity contribution in [2.24, 2.45) is 9.98 Å². The van der Waals surface area contributed by atoms with Gasteiger partial charge in [-0.05, 0) is 37.6 Å². The maximum atomic E-state index is 13.2. The lowest BCUT2D eigenvalue weighted by Crippen LogP contribution is -2.17. The Morgan fingerprint density at radius 3 is 2.25 bits per heavy atom. The number of aromatic nitrogens is 4. The topological polar surface area (TPSA) is 200 Å². The molecule has 59 heavy (non-hydrogen) atoms. The van der Waals surface area contributed by atoms with E-state index in [0.29, 0.717) is 37.3 Å². The number of aromatic amines is 1. The number of aryl methyl sites for hydroxylation is 1. The molecule has 18 heteroatoms. The van der Waals surface area contributed by atoms with E-state index in [1.54, 1.807) is 30.5 Å². The van der Waals surface area contributed by atoms with E-state index in [-0.39, 0.29) is 57.1 Å². The summed E-state index contributed by atoms with van der Waals surface area (Å²) in [6.07, 6.45) is 4.60. The Bertz CT molecular complexity index is 2530. The standard InChI is InChI=1S/C21H19ClN4O2.C20H18ClN5O5/c1-12-9-24-21-19(12)26-20(14-4-2-3-5-16(14)22)15-10-23-18(8-17(15)25-21)28-13-6-7-27-11-13;1-11-18(26(28)29)20(25-24-11)23-16-8-17(31-12-6-7-30-10-12)22-9-14(16)19(27)13-4-2-3-5-15(13)21/h2-5,8,10,13H,6-7,9,11H2,1H3,(H,24,25);2-5,8-9,12H,6-7,10H2,1H3,(H2,22,23,24,25). The van der Waals surface area contributed by atoms with Gasteiger partial charge in [-0.25, -0.2) is 15.0 Å². The Balaban J connectivity index is 0.000000165. The summed E-state index contributed by atoms with van der Waals surface area (Å²) in [5.74, 6) is 1.15. The number of ether oxygens (including phenoxy) is 4. The number of nitrogens with one attached hydrogen (secondary N) is 3. The predicted molar refractivity (Wildman–Crippen MR) is 222 cm³/mol. The van der Waals surface area contributed by atoms with Crippen LogP contribution in [0.5, 0.6) is 11.8 Å². The molecule has 2 saturated heterocycles. The maximum Gasteiger partial charge on any atom is 0.333 e. The average Bonchev–Trinajstić information content (AvgIpc) is 4.05. The molecule has 5 aromatic rings. The lowest BCUT2D eigenvalue weighted by molar-refractivity contribution is -0.384. The first-order valence-electron chi connectivity index (χ1n) is 18.7. The van der Waals surface area contributed by atoms with Gasteiger partial charge in [0.25, 0.3) is 0 Å². The summed E-state index contributed by atoms with van der Waals surface area (Å²) in [7, 11) is 0. The second-order valence-corrected chi connectivity index (χ2v) is 14.8. The third-order valence-corrected chi connectivity index (χ3v) is 10.4. The van der Waals surface area contributed by atoms with E-state index in [2.05, 4.69) is 35.8 Å². The number of rotatable bonds is 10. The van der Waals surface area contributed by atoms with Gasteiger partial charge in [0.05, 0.1) is 65.6 Å². The molecule has 2 unspecified atom stereocenters. The monoisotopic (exact) mass is 837 g/mol. The zero-order valence-corrected chi connectivity index (χ0v) is 33.3. The van der Waals surface area contributed by atoms with Crippen LogP contribution in [0.25, 0.3) is 0 Å². The molecule has 2 aromatic carbocycles. The first-order chi connectivity index (χ1) is 28.6. The third kappa shape index (κ3) is 8.66. The number of ketones is 1. The van der Waals surface area contributed by atoms with Crippen LogP contribution in [0.3, 0.4) is 0 Å². The molecule has 4 aliphatic heterocycles. The average molecular weight is 839 g/mol. The van der Waals surface area contributed by atoms with E-state index in [1.807, 2.05) is 37.3 Å². The van der Waals surface area contributed by atoms with Gasteiger partial charge in [-0.15, -0.1) is 5.10 Å². The lowest BCUT2D eigenvalue weighted by atomic mass is 10.0. The number of benzene rings is 2. The third-order valence-electron chi connectivity index (χ3n) is 9.79. The normalized spacial score (nSPS) is 18.0. The van der Waals surface area contributed by atoms with Gasteiger partial charge in [-0.1, -0.05) is 53.5 Å². The van der Waals surface area contributed by atoms with Crippen LogP contribution >= 0.6 is 23.2 Å². The highest BCUT2D eigenvalue weighted by Crippen LogP contribution is 2.35. The molecule has 2 atom stereocenters. The number of carbonyl (C=O) groups is 1. The fourth-order valence-corrected chi connectivity index (χ4v) is 7.18. The SMILES string of the molecule is CC1=C2N=C(c3ccccc3Cl)c3cnc(OC4CCOC4)cc3NC2=NC1.Cc1[nH]nc(Nc2cc(OC3CCOC3)ncc2C(=O)c2ccccc2Cl)c1[N+](=O)[O-]. The predicted octanol–water partition coefficient (Wildman–Crippen LogP) is 7.67. The summed E-state index contributed by atoms with van der Waals surface area (Å²) in [4.78, 5) is 42.4. The van der Waals surface area contributed by atoms with E-state index in [9.17, 15) is 14.9 Å². The molecule has 0 spiro atoms. The van der Waals surface area contributed by atoms with Gasteiger partial charge in [-0.2, -0.15) is 0 Å². The number of anilines is 3. The zero-order valence-electron chi connectivity index (χ0n) is 31.8. The van der Waals surface area contributed by atoms with Crippen LogP contribution in [0.15, 0.2) is 94.3 Å². The minimum absolute atomic E-state index is 0.0305. The van der Waals surface area contributed by atoms with Crippen LogP contribution in [0.4, 0.5) is 22.9 Å².